The maximum Gasteiger partial charge on any atom is 0.501 e. The molecular formula is C13H17F3N2O2S. The van der Waals surface area contributed by atoms with Crippen molar-refractivity contribution >= 4 is 15.5 Å². The summed E-state index contributed by atoms with van der Waals surface area (Å²) in [6.45, 7) is 3.69. The summed E-state index contributed by atoms with van der Waals surface area (Å²) in [4.78, 5) is 1.08. The first-order valence-corrected chi connectivity index (χ1v) is 8.15. The van der Waals surface area contributed by atoms with E-state index in [0.717, 1.165) is 12.5 Å². The van der Waals surface area contributed by atoms with Gasteiger partial charge in [-0.25, -0.2) is 8.42 Å². The quantitative estimate of drug-likeness (QED) is 0.903. The highest BCUT2D eigenvalue weighted by atomic mass is 32.2. The van der Waals surface area contributed by atoms with Crippen LogP contribution >= 0.6 is 0 Å². The number of alkyl halides is 3. The average molecular weight is 322 g/mol. The van der Waals surface area contributed by atoms with Gasteiger partial charge in [0.25, 0.3) is 9.84 Å². The molecule has 0 saturated carbocycles. The zero-order valence-corrected chi connectivity index (χ0v) is 12.3. The van der Waals surface area contributed by atoms with E-state index in [1.807, 2.05) is 6.92 Å². The van der Waals surface area contributed by atoms with Gasteiger partial charge in [-0.15, -0.1) is 0 Å². The predicted octanol–water partition coefficient (Wildman–Crippen LogP) is 2.17. The smallest absolute Gasteiger partial charge is 0.365 e. The summed E-state index contributed by atoms with van der Waals surface area (Å²) in [5, 5.41) is 3.04. The summed E-state index contributed by atoms with van der Waals surface area (Å²) in [7, 11) is -5.35. The van der Waals surface area contributed by atoms with Crippen LogP contribution in [0.3, 0.4) is 0 Å². The van der Waals surface area contributed by atoms with Crippen LogP contribution in [0.4, 0.5) is 18.9 Å². The molecule has 0 amide bonds. The number of anilines is 1. The van der Waals surface area contributed by atoms with Gasteiger partial charge in [0.05, 0.1) is 16.6 Å². The molecule has 0 aliphatic carbocycles. The fourth-order valence-electron chi connectivity index (χ4n) is 2.28. The number of benzene rings is 1. The first-order chi connectivity index (χ1) is 9.79. The van der Waals surface area contributed by atoms with Gasteiger partial charge in [0, 0.05) is 19.6 Å². The van der Waals surface area contributed by atoms with Gasteiger partial charge in [-0.3, -0.25) is 0 Å². The maximum absolute atomic E-state index is 12.8. The molecular weight excluding hydrogens is 305 g/mol. The number of hydrogen-bond acceptors (Lipinski definition) is 4. The van der Waals surface area contributed by atoms with Crippen molar-refractivity contribution in [3.63, 3.8) is 0 Å². The molecule has 0 spiro atoms. The first-order valence-electron chi connectivity index (χ1n) is 6.66. The molecule has 1 N–H and O–H groups in total. The monoisotopic (exact) mass is 322 g/mol. The van der Waals surface area contributed by atoms with Gasteiger partial charge in [0.2, 0.25) is 0 Å². The fourth-order valence-corrected chi connectivity index (χ4v) is 3.25. The molecule has 0 unspecified atom stereocenters. The Morgan fingerprint density at radius 3 is 2.38 bits per heavy atom. The molecule has 1 fully saturated rings. The third-order valence-corrected chi connectivity index (χ3v) is 4.97. The number of para-hydroxylation sites is 1. The van der Waals surface area contributed by atoms with Gasteiger partial charge in [0.15, 0.2) is 0 Å². The minimum absolute atomic E-state index is 0.0227. The molecule has 1 aliphatic heterocycles. The normalized spacial score (nSPS) is 16.6. The molecule has 1 aromatic rings. The summed E-state index contributed by atoms with van der Waals surface area (Å²) < 4.78 is 62.0. The zero-order valence-electron chi connectivity index (χ0n) is 11.5. The van der Waals surface area contributed by atoms with Crippen LogP contribution in [0.25, 0.3) is 0 Å². The first kappa shape index (κ1) is 16.1. The zero-order chi connectivity index (χ0) is 15.7. The molecule has 1 saturated heterocycles. The van der Waals surface area contributed by atoms with Crippen LogP contribution in [0.15, 0.2) is 29.2 Å². The van der Waals surface area contributed by atoms with E-state index >= 15 is 0 Å². The van der Waals surface area contributed by atoms with Crippen molar-refractivity contribution in [3.8, 4) is 0 Å². The van der Waals surface area contributed by atoms with Gasteiger partial charge in [-0.2, -0.15) is 13.2 Å². The largest absolute Gasteiger partial charge is 0.501 e. The molecule has 118 valence electrons. The minimum atomic E-state index is -5.35. The molecule has 8 heteroatoms. The van der Waals surface area contributed by atoms with Crippen LogP contribution in [0, 0.1) is 0 Å². The Morgan fingerprint density at radius 1 is 1.29 bits per heavy atom. The van der Waals surface area contributed by atoms with Crippen LogP contribution in [0.2, 0.25) is 0 Å². The Kier molecular flexibility index (Phi) is 4.48. The number of rotatable bonds is 5. The van der Waals surface area contributed by atoms with Crippen molar-refractivity contribution in [2.75, 3.05) is 24.5 Å². The van der Waals surface area contributed by atoms with E-state index in [2.05, 4.69) is 5.32 Å². The van der Waals surface area contributed by atoms with Crippen molar-refractivity contribution in [1.29, 1.82) is 0 Å². The lowest BCUT2D eigenvalue weighted by Crippen LogP contribution is -2.58. The summed E-state index contributed by atoms with van der Waals surface area (Å²) >= 11 is 0. The molecule has 0 bridgehead atoms. The summed E-state index contributed by atoms with van der Waals surface area (Å²) in [6, 6.07) is 5.35. The predicted molar refractivity (Wildman–Crippen MR) is 74.0 cm³/mol. The van der Waals surface area contributed by atoms with E-state index in [1.54, 1.807) is 11.0 Å². The minimum Gasteiger partial charge on any atom is -0.365 e. The topological polar surface area (TPSA) is 49.4 Å². The van der Waals surface area contributed by atoms with Gasteiger partial charge in [0.1, 0.15) is 0 Å². The number of nitrogens with one attached hydrogen (secondary N) is 1. The van der Waals surface area contributed by atoms with E-state index in [1.165, 1.54) is 12.1 Å². The Hall–Kier alpha value is -1.28. The number of hydrogen-bond donors (Lipinski definition) is 1. The average Bonchev–Trinajstić information content (AvgIpc) is 2.35. The molecule has 4 nitrogen and oxygen atoms in total. The lowest BCUT2D eigenvalue weighted by atomic mass is 10.1. The molecule has 1 aromatic carbocycles. The second-order valence-corrected chi connectivity index (χ2v) is 6.83. The standard InChI is InChI=1S/C13H17F3N2O2S/c1-2-7-18(10-8-17-9-10)11-5-3-4-6-12(11)21(19,20)13(14,15)16/h3-6,10,17H,2,7-9H2,1H3. The van der Waals surface area contributed by atoms with Crippen LogP contribution in [-0.2, 0) is 9.84 Å². The van der Waals surface area contributed by atoms with Crippen LogP contribution in [-0.4, -0.2) is 39.6 Å². The lowest BCUT2D eigenvalue weighted by Gasteiger charge is -2.40. The maximum atomic E-state index is 12.8. The Balaban J connectivity index is 2.49. The van der Waals surface area contributed by atoms with E-state index in [-0.39, 0.29) is 11.7 Å². The highest BCUT2D eigenvalue weighted by molar-refractivity contribution is 7.92. The second kappa shape index (κ2) is 5.84. The summed E-state index contributed by atoms with van der Waals surface area (Å²) in [6.07, 6.45) is 0.719. The second-order valence-electron chi connectivity index (χ2n) is 4.92. The van der Waals surface area contributed by atoms with Crippen molar-refractivity contribution in [3.05, 3.63) is 24.3 Å². The van der Waals surface area contributed by atoms with Gasteiger partial charge < -0.3 is 10.2 Å². The lowest BCUT2D eigenvalue weighted by molar-refractivity contribution is -0.0435. The number of halogens is 3. The van der Waals surface area contributed by atoms with Gasteiger partial charge in [-0.1, -0.05) is 19.1 Å². The van der Waals surface area contributed by atoms with Crippen LogP contribution in [0.5, 0.6) is 0 Å². The molecule has 1 heterocycles. The van der Waals surface area contributed by atoms with E-state index in [0.29, 0.717) is 19.6 Å². The van der Waals surface area contributed by atoms with E-state index < -0.39 is 20.2 Å². The van der Waals surface area contributed by atoms with Crippen molar-refractivity contribution in [2.45, 2.75) is 29.8 Å². The van der Waals surface area contributed by atoms with Crippen molar-refractivity contribution < 1.29 is 21.6 Å². The highest BCUT2D eigenvalue weighted by Gasteiger charge is 2.48. The summed E-state index contributed by atoms with van der Waals surface area (Å²) in [5.41, 5.74) is -5.16. The molecule has 0 atom stereocenters. The summed E-state index contributed by atoms with van der Waals surface area (Å²) in [5.74, 6) is 0. The number of nitrogens with zero attached hydrogens (tertiary/aromatic N) is 1. The molecule has 0 radical (unpaired) electrons. The molecule has 1 aliphatic rings. The highest BCUT2D eigenvalue weighted by Crippen LogP contribution is 2.36. The molecule has 21 heavy (non-hydrogen) atoms. The Bertz CT molecular complexity index is 598. The van der Waals surface area contributed by atoms with E-state index in [4.69, 9.17) is 0 Å². The van der Waals surface area contributed by atoms with E-state index in [9.17, 15) is 21.6 Å². The molecule has 2 rings (SSSR count). The SMILES string of the molecule is CCCN(c1ccccc1S(=O)(=O)C(F)(F)F)C1CNC1. The fraction of sp³-hybridized carbons (Fsp3) is 0.538. The third-order valence-electron chi connectivity index (χ3n) is 3.43. The van der Waals surface area contributed by atoms with Crippen LogP contribution < -0.4 is 10.2 Å². The molecule has 0 aromatic heterocycles. The Morgan fingerprint density at radius 2 is 1.90 bits per heavy atom. The Labute approximate surface area is 121 Å². The number of sulfone groups is 1. The van der Waals surface area contributed by atoms with Crippen LogP contribution in [0.1, 0.15) is 13.3 Å². The third kappa shape index (κ3) is 3.01. The van der Waals surface area contributed by atoms with Crippen molar-refractivity contribution in [2.24, 2.45) is 0 Å². The van der Waals surface area contributed by atoms with Crippen molar-refractivity contribution in [1.82, 2.24) is 5.32 Å². The van der Waals surface area contributed by atoms with Gasteiger partial charge >= 0.3 is 5.51 Å². The van der Waals surface area contributed by atoms with Gasteiger partial charge in [-0.05, 0) is 18.6 Å².